The van der Waals surface area contributed by atoms with Gasteiger partial charge in [-0.25, -0.2) is 4.98 Å². The third-order valence-corrected chi connectivity index (χ3v) is 5.66. The Labute approximate surface area is 144 Å². The van der Waals surface area contributed by atoms with E-state index in [1.54, 1.807) is 7.11 Å². The van der Waals surface area contributed by atoms with Crippen LogP contribution < -0.4 is 10.1 Å². The Hall–Kier alpha value is -1.39. The fourth-order valence-corrected chi connectivity index (χ4v) is 3.60. The summed E-state index contributed by atoms with van der Waals surface area (Å²) < 4.78 is 5.19. The van der Waals surface area contributed by atoms with E-state index in [9.17, 15) is 0 Å². The highest BCUT2D eigenvalue weighted by molar-refractivity contribution is 7.12. The van der Waals surface area contributed by atoms with Gasteiger partial charge in [0, 0.05) is 16.3 Å². The molecule has 0 fully saturated rings. The van der Waals surface area contributed by atoms with E-state index in [1.165, 1.54) is 15.4 Å². The molecule has 0 amide bonds. The molecular formula is C19H28N2OS. The van der Waals surface area contributed by atoms with Crippen LogP contribution in [0.25, 0.3) is 0 Å². The predicted molar refractivity (Wildman–Crippen MR) is 98.7 cm³/mol. The van der Waals surface area contributed by atoms with Crippen molar-refractivity contribution in [3.05, 3.63) is 45.4 Å². The molecule has 0 spiro atoms. The van der Waals surface area contributed by atoms with Crippen LogP contribution in [0.4, 0.5) is 0 Å². The number of hydrogen-bond acceptors (Lipinski definition) is 4. The summed E-state index contributed by atoms with van der Waals surface area (Å²) in [6, 6.07) is 8.62. The summed E-state index contributed by atoms with van der Waals surface area (Å²) in [6.45, 7) is 11.9. The van der Waals surface area contributed by atoms with Crippen molar-refractivity contribution in [3.63, 3.8) is 0 Å². The Morgan fingerprint density at radius 2 is 1.87 bits per heavy atom. The lowest BCUT2D eigenvalue weighted by Crippen LogP contribution is -2.21. The van der Waals surface area contributed by atoms with Crippen LogP contribution in [0.15, 0.2) is 24.3 Å². The minimum Gasteiger partial charge on any atom is -0.497 e. The van der Waals surface area contributed by atoms with Gasteiger partial charge in [0.05, 0.1) is 17.8 Å². The zero-order chi connectivity index (χ0) is 17.0. The second-order valence-corrected chi connectivity index (χ2v) is 8.02. The number of aromatic nitrogens is 1. The monoisotopic (exact) mass is 332 g/mol. The molecule has 0 saturated heterocycles. The number of methoxy groups -OCH3 is 1. The molecule has 23 heavy (non-hydrogen) atoms. The van der Waals surface area contributed by atoms with Crippen LogP contribution >= 0.6 is 11.3 Å². The number of hydrogen-bond donors (Lipinski definition) is 1. The van der Waals surface area contributed by atoms with Gasteiger partial charge >= 0.3 is 0 Å². The maximum absolute atomic E-state index is 5.19. The molecule has 2 rings (SSSR count). The van der Waals surface area contributed by atoms with Gasteiger partial charge in [0.25, 0.3) is 0 Å². The van der Waals surface area contributed by atoms with E-state index in [-0.39, 0.29) is 5.41 Å². The first kappa shape index (κ1) is 18.0. The molecule has 4 heteroatoms. The van der Waals surface area contributed by atoms with E-state index >= 15 is 0 Å². The predicted octanol–water partition coefficient (Wildman–Crippen LogP) is 4.65. The Morgan fingerprint density at radius 3 is 2.39 bits per heavy atom. The first-order chi connectivity index (χ1) is 10.8. The highest BCUT2D eigenvalue weighted by Crippen LogP contribution is 2.32. The van der Waals surface area contributed by atoms with Gasteiger partial charge in [0.1, 0.15) is 5.75 Å². The van der Waals surface area contributed by atoms with E-state index in [0.717, 1.165) is 24.4 Å². The van der Waals surface area contributed by atoms with Crippen molar-refractivity contribution in [2.45, 2.75) is 52.5 Å². The average molecular weight is 333 g/mol. The van der Waals surface area contributed by atoms with Crippen molar-refractivity contribution in [1.82, 2.24) is 10.3 Å². The lowest BCUT2D eigenvalue weighted by Gasteiger charge is -2.14. The third kappa shape index (κ3) is 4.79. The van der Waals surface area contributed by atoms with E-state index in [4.69, 9.17) is 9.72 Å². The van der Waals surface area contributed by atoms with Crippen LogP contribution in [-0.2, 0) is 11.8 Å². The van der Waals surface area contributed by atoms with Crippen molar-refractivity contribution >= 4 is 11.3 Å². The van der Waals surface area contributed by atoms with E-state index < -0.39 is 0 Å². The number of thiazole rings is 1. The van der Waals surface area contributed by atoms with Crippen molar-refractivity contribution in [2.24, 2.45) is 0 Å². The molecule has 1 aromatic carbocycles. The molecule has 0 bridgehead atoms. The molecule has 0 aliphatic carbocycles. The van der Waals surface area contributed by atoms with Crippen molar-refractivity contribution in [1.29, 1.82) is 0 Å². The fourth-order valence-electron chi connectivity index (χ4n) is 2.45. The van der Waals surface area contributed by atoms with Gasteiger partial charge in [-0.3, -0.25) is 0 Å². The minimum atomic E-state index is 0.122. The number of aryl methyl sites for hydroxylation is 1. The number of nitrogens with zero attached hydrogens (tertiary/aromatic N) is 1. The first-order valence-corrected chi connectivity index (χ1v) is 8.97. The van der Waals surface area contributed by atoms with E-state index in [0.29, 0.717) is 6.04 Å². The highest BCUT2D eigenvalue weighted by Gasteiger charge is 2.22. The molecule has 1 heterocycles. The standard InChI is InChI=1S/C19H28N2OS/c1-13(17-14(2)21-18(23-17)19(3,4)5)20-12-11-15-7-9-16(22-6)10-8-15/h7-10,13,20H,11-12H2,1-6H3. The van der Waals surface area contributed by atoms with Gasteiger partial charge in [-0.1, -0.05) is 32.9 Å². The summed E-state index contributed by atoms with van der Waals surface area (Å²) >= 11 is 1.84. The maximum atomic E-state index is 5.19. The summed E-state index contributed by atoms with van der Waals surface area (Å²) in [7, 11) is 1.70. The van der Waals surface area contributed by atoms with Gasteiger partial charge in [0.15, 0.2) is 0 Å². The molecule has 3 nitrogen and oxygen atoms in total. The smallest absolute Gasteiger partial charge is 0.118 e. The van der Waals surface area contributed by atoms with Crippen LogP contribution in [0.3, 0.4) is 0 Å². The minimum absolute atomic E-state index is 0.122. The van der Waals surface area contributed by atoms with Gasteiger partial charge in [-0.05, 0) is 44.5 Å². The molecule has 1 unspecified atom stereocenters. The van der Waals surface area contributed by atoms with Crippen LogP contribution in [-0.4, -0.2) is 18.6 Å². The third-order valence-electron chi connectivity index (χ3n) is 3.89. The molecule has 1 aromatic heterocycles. The molecule has 1 atom stereocenters. The lowest BCUT2D eigenvalue weighted by molar-refractivity contribution is 0.414. The van der Waals surface area contributed by atoms with Gasteiger partial charge in [0.2, 0.25) is 0 Å². The molecule has 0 radical (unpaired) electrons. The van der Waals surface area contributed by atoms with Gasteiger partial charge in [-0.15, -0.1) is 11.3 Å². The number of nitrogens with one attached hydrogen (secondary N) is 1. The second kappa shape index (κ2) is 7.45. The normalized spacial score (nSPS) is 13.1. The van der Waals surface area contributed by atoms with Crippen LogP contribution in [0, 0.1) is 6.92 Å². The van der Waals surface area contributed by atoms with Crippen LogP contribution in [0.2, 0.25) is 0 Å². The molecule has 0 aliphatic heterocycles. The zero-order valence-corrected chi connectivity index (χ0v) is 15.9. The summed E-state index contributed by atoms with van der Waals surface area (Å²) in [4.78, 5) is 6.10. The van der Waals surface area contributed by atoms with Gasteiger partial charge < -0.3 is 10.1 Å². The Morgan fingerprint density at radius 1 is 1.22 bits per heavy atom. The summed E-state index contributed by atoms with van der Waals surface area (Å²) in [5.41, 5.74) is 2.60. The molecule has 1 N–H and O–H groups in total. The molecule has 0 aliphatic rings. The van der Waals surface area contributed by atoms with E-state index in [1.807, 2.05) is 23.5 Å². The van der Waals surface area contributed by atoms with Crippen molar-refractivity contribution in [2.75, 3.05) is 13.7 Å². The fraction of sp³-hybridized carbons (Fsp3) is 0.526. The molecule has 2 aromatic rings. The number of rotatable bonds is 6. The second-order valence-electron chi connectivity index (χ2n) is 6.99. The Kier molecular flexibility index (Phi) is 5.82. The van der Waals surface area contributed by atoms with E-state index in [2.05, 4.69) is 52.1 Å². The number of benzene rings is 1. The maximum Gasteiger partial charge on any atom is 0.118 e. The Bertz CT molecular complexity index is 626. The van der Waals surface area contributed by atoms with Gasteiger partial charge in [-0.2, -0.15) is 0 Å². The summed E-state index contributed by atoms with van der Waals surface area (Å²) in [6.07, 6.45) is 1.01. The average Bonchev–Trinajstić information content (AvgIpc) is 2.90. The van der Waals surface area contributed by atoms with Crippen molar-refractivity contribution < 1.29 is 4.74 Å². The highest BCUT2D eigenvalue weighted by atomic mass is 32.1. The molecular weight excluding hydrogens is 304 g/mol. The first-order valence-electron chi connectivity index (χ1n) is 8.15. The topological polar surface area (TPSA) is 34.1 Å². The summed E-state index contributed by atoms with van der Waals surface area (Å²) in [5, 5.41) is 4.84. The van der Waals surface area contributed by atoms with Crippen LogP contribution in [0.5, 0.6) is 5.75 Å². The lowest BCUT2D eigenvalue weighted by atomic mass is 9.98. The Balaban J connectivity index is 1.91. The SMILES string of the molecule is COc1ccc(CCNC(C)c2sc(C(C)(C)C)nc2C)cc1. The summed E-state index contributed by atoms with van der Waals surface area (Å²) in [5.74, 6) is 0.907. The molecule has 0 saturated carbocycles. The number of ether oxygens (including phenoxy) is 1. The zero-order valence-electron chi connectivity index (χ0n) is 15.1. The van der Waals surface area contributed by atoms with Crippen LogP contribution in [0.1, 0.15) is 54.9 Å². The quantitative estimate of drug-likeness (QED) is 0.836. The molecule has 126 valence electrons. The van der Waals surface area contributed by atoms with Crippen molar-refractivity contribution in [3.8, 4) is 5.75 Å². The largest absolute Gasteiger partial charge is 0.497 e.